The Labute approximate surface area is 311 Å². The zero-order valence-electron chi connectivity index (χ0n) is 28.6. The number of methoxy groups -OCH3 is 1. The third-order valence-corrected chi connectivity index (χ3v) is 12.3. The number of ether oxygens (including phenoxy) is 2. The first kappa shape index (κ1) is 32.5. The second kappa shape index (κ2) is 11.9. The predicted molar refractivity (Wildman–Crippen MR) is 195 cm³/mol. The molecule has 2 unspecified atom stereocenters. The van der Waals surface area contributed by atoms with Gasteiger partial charge in [-0.15, -0.1) is 21.5 Å². The Kier molecular flexibility index (Phi) is 7.32. The molecule has 3 aliphatic heterocycles. The zero-order chi connectivity index (χ0) is 36.2. The second-order valence-electron chi connectivity index (χ2n) is 14.0. The first-order valence-electron chi connectivity index (χ1n) is 17.5. The topological polar surface area (TPSA) is 116 Å². The number of alkyl halides is 2. The van der Waals surface area contributed by atoms with Crippen LogP contribution in [-0.4, -0.2) is 57.2 Å². The summed E-state index contributed by atoms with van der Waals surface area (Å²) in [6.45, 7) is 2.80. The average molecular weight is 753 g/mol. The molecule has 3 atom stereocenters. The number of carbonyl (C=O) groups is 1. The number of amides is 1. The van der Waals surface area contributed by atoms with Crippen LogP contribution in [0.5, 0.6) is 11.5 Å². The van der Waals surface area contributed by atoms with Crippen molar-refractivity contribution in [1.82, 2.24) is 25.1 Å². The maximum atomic E-state index is 15.7. The van der Waals surface area contributed by atoms with Gasteiger partial charge >= 0.3 is 0 Å². The number of carbonyl (C=O) groups excluding carboxylic acids is 1. The predicted octanol–water partition coefficient (Wildman–Crippen LogP) is 8.73. The molecule has 0 spiro atoms. The minimum Gasteiger partial charge on any atom is -0.496 e. The van der Waals surface area contributed by atoms with E-state index in [-0.39, 0.29) is 23.8 Å². The van der Waals surface area contributed by atoms with Crippen LogP contribution in [0.25, 0.3) is 32.0 Å². The monoisotopic (exact) mass is 752 g/mol. The summed E-state index contributed by atoms with van der Waals surface area (Å²) in [5, 5.41) is 13.1. The lowest BCUT2D eigenvalue weighted by Gasteiger charge is -2.22. The first-order chi connectivity index (χ1) is 25.7. The van der Waals surface area contributed by atoms with Gasteiger partial charge in [-0.2, -0.15) is 0 Å². The molecule has 4 aliphatic rings. The molecule has 268 valence electrons. The van der Waals surface area contributed by atoms with Gasteiger partial charge in [0, 0.05) is 65.0 Å². The standard InChI is InChI=1S/C39H31ClF2N6O4S/c1-18-46-47-37(52-18)30-25(13-20-17-51-28-15-21(40)8-9-22(20)28)44-33-26-6-4-12-48(26)38(49)32(33)31(30)29-14-19-10-11-43-36(34(19)53-29)45-35-23-5-3-7-27(50-2)24(23)16-39(35,41)42/h3,5,7-11,14-15,20,26,35H,4,6,12-13,16-17H2,1-2H3,(H,43,45)/t20-,26?,35?/m0/s1. The van der Waals surface area contributed by atoms with E-state index in [0.29, 0.717) is 80.3 Å². The molecular formula is C39H31ClF2N6O4S. The molecule has 7 heterocycles. The van der Waals surface area contributed by atoms with Gasteiger partial charge in [-0.3, -0.25) is 9.78 Å². The third kappa shape index (κ3) is 5.03. The number of nitrogens with one attached hydrogen (secondary N) is 1. The van der Waals surface area contributed by atoms with Crippen LogP contribution < -0.4 is 14.8 Å². The van der Waals surface area contributed by atoms with Crippen molar-refractivity contribution < 1.29 is 27.5 Å². The first-order valence-corrected chi connectivity index (χ1v) is 18.7. The number of aryl methyl sites for hydroxylation is 1. The summed E-state index contributed by atoms with van der Waals surface area (Å²) in [6.07, 6.45) is 3.34. The molecule has 14 heteroatoms. The Balaban J connectivity index is 1.15. The lowest BCUT2D eigenvalue weighted by molar-refractivity contribution is -0.00734. The van der Waals surface area contributed by atoms with Crippen LogP contribution in [0.2, 0.25) is 5.02 Å². The van der Waals surface area contributed by atoms with Gasteiger partial charge in [0.15, 0.2) is 0 Å². The fourth-order valence-electron chi connectivity index (χ4n) is 8.53. The van der Waals surface area contributed by atoms with Crippen LogP contribution in [0.4, 0.5) is 14.6 Å². The van der Waals surface area contributed by atoms with E-state index in [2.05, 4.69) is 20.5 Å². The number of thiophene rings is 1. The van der Waals surface area contributed by atoms with E-state index in [9.17, 15) is 4.79 Å². The van der Waals surface area contributed by atoms with Gasteiger partial charge in [-0.1, -0.05) is 29.8 Å². The van der Waals surface area contributed by atoms with Crippen molar-refractivity contribution in [2.24, 2.45) is 0 Å². The largest absolute Gasteiger partial charge is 0.496 e. The lowest BCUT2D eigenvalue weighted by atomic mass is 9.89. The molecule has 0 radical (unpaired) electrons. The Morgan fingerprint density at radius 2 is 2.00 bits per heavy atom. The Morgan fingerprint density at radius 1 is 1.11 bits per heavy atom. The maximum Gasteiger partial charge on any atom is 0.276 e. The van der Waals surface area contributed by atoms with Crippen LogP contribution in [-0.2, 0) is 12.8 Å². The average Bonchev–Trinajstić information content (AvgIpc) is 3.99. The van der Waals surface area contributed by atoms with Crippen LogP contribution in [0, 0.1) is 6.92 Å². The Hall–Kier alpha value is -5.14. The molecule has 1 aliphatic carbocycles. The number of hydrogen-bond donors (Lipinski definition) is 1. The summed E-state index contributed by atoms with van der Waals surface area (Å²) >= 11 is 7.67. The smallest absolute Gasteiger partial charge is 0.276 e. The number of halogens is 3. The summed E-state index contributed by atoms with van der Waals surface area (Å²) in [6, 6.07) is 13.2. The Bertz CT molecular complexity index is 2500. The van der Waals surface area contributed by atoms with Gasteiger partial charge in [0.05, 0.1) is 47.0 Å². The quantitative estimate of drug-likeness (QED) is 0.171. The van der Waals surface area contributed by atoms with Gasteiger partial charge in [0.2, 0.25) is 11.8 Å². The van der Waals surface area contributed by atoms with Crippen molar-refractivity contribution in [2.45, 2.75) is 56.5 Å². The van der Waals surface area contributed by atoms with Gasteiger partial charge in [0.1, 0.15) is 23.4 Å². The summed E-state index contributed by atoms with van der Waals surface area (Å²) in [4.78, 5) is 26.8. The van der Waals surface area contributed by atoms with E-state index in [1.807, 2.05) is 35.2 Å². The van der Waals surface area contributed by atoms with Crippen molar-refractivity contribution in [3.63, 3.8) is 0 Å². The highest BCUT2D eigenvalue weighted by molar-refractivity contribution is 7.23. The van der Waals surface area contributed by atoms with E-state index in [0.717, 1.165) is 40.1 Å². The molecule has 0 bridgehead atoms. The van der Waals surface area contributed by atoms with Crippen molar-refractivity contribution >= 4 is 44.7 Å². The normalized spacial score (nSPS) is 20.7. The maximum absolute atomic E-state index is 15.7. The summed E-state index contributed by atoms with van der Waals surface area (Å²) in [5.41, 5.74) is 5.17. The SMILES string of the molecule is COc1cccc2c1CC(F)(F)C2Nc1nccc2cc(-c3c4c(nc(C[C@H]5COc6cc(Cl)ccc65)c3-c3nnc(C)o3)C3CCCN3C4=O)sc12. The minimum atomic E-state index is -3.09. The van der Waals surface area contributed by atoms with E-state index in [1.165, 1.54) is 18.4 Å². The molecule has 53 heavy (non-hydrogen) atoms. The number of hydrogen-bond acceptors (Lipinski definition) is 10. The molecule has 0 saturated carbocycles. The van der Waals surface area contributed by atoms with Crippen molar-refractivity contribution in [1.29, 1.82) is 0 Å². The van der Waals surface area contributed by atoms with Crippen LogP contribution in [0.1, 0.15) is 75.2 Å². The van der Waals surface area contributed by atoms with Crippen molar-refractivity contribution in [3.8, 4) is 33.4 Å². The highest BCUT2D eigenvalue weighted by Crippen LogP contribution is 2.53. The van der Waals surface area contributed by atoms with Gasteiger partial charge in [0.25, 0.3) is 11.8 Å². The highest BCUT2D eigenvalue weighted by atomic mass is 35.5. The number of pyridine rings is 2. The molecule has 2 aromatic carbocycles. The summed E-state index contributed by atoms with van der Waals surface area (Å²) in [5.74, 6) is -1.10. The van der Waals surface area contributed by atoms with Gasteiger partial charge in [-0.05, 0) is 54.1 Å². The molecule has 4 aromatic heterocycles. The second-order valence-corrected chi connectivity index (χ2v) is 15.5. The highest BCUT2D eigenvalue weighted by Gasteiger charge is 2.49. The van der Waals surface area contributed by atoms with Crippen LogP contribution in [0.3, 0.4) is 0 Å². The van der Waals surface area contributed by atoms with Gasteiger partial charge in [-0.25, -0.2) is 13.8 Å². The summed E-state index contributed by atoms with van der Waals surface area (Å²) in [7, 11) is 1.49. The van der Waals surface area contributed by atoms with Crippen molar-refractivity contribution in [2.75, 3.05) is 25.6 Å². The molecule has 1 fully saturated rings. The third-order valence-electron chi connectivity index (χ3n) is 10.9. The minimum absolute atomic E-state index is 0.0442. The number of anilines is 1. The fraction of sp³-hybridized carbons (Fsp3) is 0.308. The molecule has 10 nitrogen and oxygen atoms in total. The fourth-order valence-corrected chi connectivity index (χ4v) is 9.86. The zero-order valence-corrected chi connectivity index (χ0v) is 30.2. The van der Waals surface area contributed by atoms with Crippen LogP contribution in [0.15, 0.2) is 59.1 Å². The lowest BCUT2D eigenvalue weighted by Crippen LogP contribution is -2.28. The van der Waals surface area contributed by atoms with E-state index in [1.54, 1.807) is 31.3 Å². The van der Waals surface area contributed by atoms with Crippen molar-refractivity contribution in [3.05, 3.63) is 99.3 Å². The summed E-state index contributed by atoms with van der Waals surface area (Å²) < 4.78 is 49.7. The molecule has 1 N–H and O–H groups in total. The van der Waals surface area contributed by atoms with Crippen LogP contribution >= 0.6 is 22.9 Å². The van der Waals surface area contributed by atoms with Gasteiger partial charge < -0.3 is 24.1 Å². The molecular weight excluding hydrogens is 722 g/mol. The van der Waals surface area contributed by atoms with E-state index < -0.39 is 18.4 Å². The number of rotatable bonds is 7. The molecule has 1 amide bonds. The number of benzene rings is 2. The molecule has 1 saturated heterocycles. The van der Waals surface area contributed by atoms with E-state index >= 15 is 8.78 Å². The molecule has 10 rings (SSSR count). The number of nitrogens with zero attached hydrogens (tertiary/aromatic N) is 5. The molecule has 6 aromatic rings. The van der Waals surface area contributed by atoms with E-state index in [4.69, 9.17) is 30.5 Å². The Morgan fingerprint density at radius 3 is 2.83 bits per heavy atom. The number of fused-ring (bicyclic) bond motifs is 6. The number of aromatic nitrogens is 4.